The van der Waals surface area contributed by atoms with Gasteiger partial charge in [-0.15, -0.1) is 5.10 Å². The molecule has 0 amide bonds. The maximum absolute atomic E-state index is 11.4. The quantitative estimate of drug-likeness (QED) is 0.800. The van der Waals surface area contributed by atoms with Gasteiger partial charge < -0.3 is 9.52 Å². The van der Waals surface area contributed by atoms with Gasteiger partial charge in [-0.1, -0.05) is 38.1 Å². The van der Waals surface area contributed by atoms with E-state index >= 15 is 0 Å². The zero-order chi connectivity index (χ0) is 16.6. The number of carboxylic acid groups (broad SMARTS) is 1. The van der Waals surface area contributed by atoms with Crippen molar-refractivity contribution >= 4 is 5.97 Å². The first-order chi connectivity index (χ1) is 10.9. The van der Waals surface area contributed by atoms with Crippen molar-refractivity contribution in [1.82, 2.24) is 15.0 Å². The number of benzene rings is 1. The van der Waals surface area contributed by atoms with Crippen molar-refractivity contribution in [2.45, 2.75) is 26.2 Å². The molecule has 2 aromatic heterocycles. The third-order valence-electron chi connectivity index (χ3n) is 3.61. The van der Waals surface area contributed by atoms with Crippen molar-refractivity contribution in [2.75, 3.05) is 0 Å². The third kappa shape index (κ3) is 2.75. The summed E-state index contributed by atoms with van der Waals surface area (Å²) in [4.78, 5) is 11.4. The van der Waals surface area contributed by atoms with Crippen molar-refractivity contribution in [3.63, 3.8) is 0 Å². The predicted octanol–water partition coefficient (Wildman–Crippen LogP) is 3.52. The van der Waals surface area contributed by atoms with Gasteiger partial charge in [0.25, 0.3) is 0 Å². The van der Waals surface area contributed by atoms with E-state index in [4.69, 9.17) is 4.42 Å². The smallest absolute Gasteiger partial charge is 0.358 e. The third-order valence-corrected chi connectivity index (χ3v) is 3.61. The zero-order valence-electron chi connectivity index (χ0n) is 13.1. The lowest BCUT2D eigenvalue weighted by molar-refractivity contribution is 0.0691. The number of carbonyl (C=O) groups is 1. The molecule has 0 saturated carbocycles. The van der Waals surface area contributed by atoms with E-state index < -0.39 is 5.97 Å². The van der Waals surface area contributed by atoms with Crippen LogP contribution in [0.5, 0.6) is 0 Å². The minimum Gasteiger partial charge on any atom is -0.476 e. The summed E-state index contributed by atoms with van der Waals surface area (Å²) in [6.45, 7) is 6.40. The van der Waals surface area contributed by atoms with E-state index in [1.165, 1.54) is 16.5 Å². The lowest BCUT2D eigenvalue weighted by Crippen LogP contribution is -2.11. The summed E-state index contributed by atoms with van der Waals surface area (Å²) in [6, 6.07) is 11.2. The summed E-state index contributed by atoms with van der Waals surface area (Å²) in [7, 11) is 0. The number of nitrogens with zero attached hydrogens (tertiary/aromatic N) is 3. The molecule has 1 N–H and O–H groups in total. The van der Waals surface area contributed by atoms with Gasteiger partial charge in [0, 0.05) is 0 Å². The second kappa shape index (κ2) is 5.39. The van der Waals surface area contributed by atoms with Crippen molar-refractivity contribution in [2.24, 2.45) is 0 Å². The maximum atomic E-state index is 11.4. The molecule has 2 heterocycles. The van der Waals surface area contributed by atoms with E-state index in [0.717, 1.165) is 5.69 Å². The van der Waals surface area contributed by atoms with Crippen LogP contribution in [0.15, 0.2) is 47.1 Å². The predicted molar refractivity (Wildman–Crippen MR) is 84.7 cm³/mol. The molecular formula is C17H17N3O3. The second-order valence-electron chi connectivity index (χ2n) is 6.28. The Morgan fingerprint density at radius 2 is 1.87 bits per heavy atom. The minimum atomic E-state index is -1.14. The molecule has 0 radical (unpaired) electrons. The number of rotatable bonds is 3. The van der Waals surface area contributed by atoms with Gasteiger partial charge in [-0.25, -0.2) is 9.48 Å². The molecule has 0 fully saturated rings. The molecule has 1 aromatic carbocycles. The van der Waals surface area contributed by atoms with Crippen LogP contribution < -0.4 is 0 Å². The molecule has 0 spiro atoms. The number of furan rings is 1. The number of hydrogen-bond acceptors (Lipinski definition) is 4. The fraction of sp³-hybridized carbons (Fsp3) is 0.235. The van der Waals surface area contributed by atoms with Crippen LogP contribution in [-0.2, 0) is 5.41 Å². The molecular weight excluding hydrogens is 294 g/mol. The van der Waals surface area contributed by atoms with Crippen LogP contribution in [0.2, 0.25) is 0 Å². The fourth-order valence-electron chi connectivity index (χ4n) is 2.34. The van der Waals surface area contributed by atoms with E-state index in [1.807, 2.05) is 24.3 Å². The van der Waals surface area contributed by atoms with E-state index in [1.54, 1.807) is 12.1 Å². The Morgan fingerprint density at radius 1 is 1.17 bits per heavy atom. The zero-order valence-corrected chi connectivity index (χ0v) is 13.1. The molecule has 0 bridgehead atoms. The van der Waals surface area contributed by atoms with Gasteiger partial charge in [0.1, 0.15) is 5.69 Å². The Hall–Kier alpha value is -2.89. The van der Waals surface area contributed by atoms with Gasteiger partial charge in [-0.3, -0.25) is 0 Å². The highest BCUT2D eigenvalue weighted by Crippen LogP contribution is 2.27. The summed E-state index contributed by atoms with van der Waals surface area (Å²) >= 11 is 0. The SMILES string of the molecule is CC(C)(C)c1ccc(-n2nnc(C(=O)O)c2-c2ccco2)cc1. The summed E-state index contributed by atoms with van der Waals surface area (Å²) in [5.74, 6) is -0.735. The number of aromatic carboxylic acids is 1. The first kappa shape index (κ1) is 15.0. The first-order valence-corrected chi connectivity index (χ1v) is 7.22. The molecule has 3 rings (SSSR count). The van der Waals surface area contributed by atoms with Gasteiger partial charge in [-0.2, -0.15) is 0 Å². The second-order valence-corrected chi connectivity index (χ2v) is 6.28. The maximum Gasteiger partial charge on any atom is 0.358 e. The summed E-state index contributed by atoms with van der Waals surface area (Å²) in [5, 5.41) is 17.1. The van der Waals surface area contributed by atoms with Gasteiger partial charge in [-0.05, 0) is 35.2 Å². The fourth-order valence-corrected chi connectivity index (χ4v) is 2.34. The van der Waals surface area contributed by atoms with Gasteiger partial charge in [0.2, 0.25) is 5.69 Å². The van der Waals surface area contributed by atoms with Crippen LogP contribution in [0.3, 0.4) is 0 Å². The molecule has 0 aliphatic carbocycles. The highest BCUT2D eigenvalue weighted by Gasteiger charge is 2.23. The molecule has 0 aliphatic heterocycles. The van der Waals surface area contributed by atoms with E-state index in [9.17, 15) is 9.90 Å². The first-order valence-electron chi connectivity index (χ1n) is 7.22. The van der Waals surface area contributed by atoms with Crippen LogP contribution in [0.25, 0.3) is 17.1 Å². The van der Waals surface area contributed by atoms with Crippen LogP contribution in [0.1, 0.15) is 36.8 Å². The number of carboxylic acids is 1. The molecule has 3 aromatic rings. The highest BCUT2D eigenvalue weighted by atomic mass is 16.4. The monoisotopic (exact) mass is 311 g/mol. The molecule has 0 unspecified atom stereocenters. The topological polar surface area (TPSA) is 81.2 Å². The normalized spacial score (nSPS) is 11.6. The van der Waals surface area contributed by atoms with Crippen LogP contribution in [-0.4, -0.2) is 26.1 Å². The summed E-state index contributed by atoms with van der Waals surface area (Å²) < 4.78 is 6.83. The van der Waals surface area contributed by atoms with E-state index in [-0.39, 0.29) is 11.1 Å². The molecule has 118 valence electrons. The Bertz CT molecular complexity index is 825. The highest BCUT2D eigenvalue weighted by molar-refractivity contribution is 5.92. The average molecular weight is 311 g/mol. The van der Waals surface area contributed by atoms with Crippen LogP contribution in [0, 0.1) is 0 Å². The van der Waals surface area contributed by atoms with E-state index in [0.29, 0.717) is 11.5 Å². The Balaban J connectivity index is 2.12. The Morgan fingerprint density at radius 3 is 2.39 bits per heavy atom. The Kier molecular flexibility index (Phi) is 3.52. The van der Waals surface area contributed by atoms with Crippen molar-refractivity contribution < 1.29 is 14.3 Å². The standard InChI is InChI=1S/C17H17N3O3/c1-17(2,3)11-6-8-12(9-7-11)20-15(13-5-4-10-23-13)14(16(21)22)18-19-20/h4-10H,1-3H3,(H,21,22). The van der Waals surface area contributed by atoms with Gasteiger partial charge in [0.15, 0.2) is 5.76 Å². The lowest BCUT2D eigenvalue weighted by atomic mass is 9.87. The van der Waals surface area contributed by atoms with Crippen molar-refractivity contribution in [1.29, 1.82) is 0 Å². The molecule has 0 atom stereocenters. The van der Waals surface area contributed by atoms with Crippen LogP contribution >= 0.6 is 0 Å². The molecule has 0 saturated heterocycles. The molecule has 6 nitrogen and oxygen atoms in total. The van der Waals surface area contributed by atoms with E-state index in [2.05, 4.69) is 31.1 Å². The molecule has 6 heteroatoms. The average Bonchev–Trinajstić information content (AvgIpc) is 3.15. The summed E-state index contributed by atoms with van der Waals surface area (Å²) in [5.41, 5.74) is 2.13. The largest absolute Gasteiger partial charge is 0.476 e. The van der Waals surface area contributed by atoms with Gasteiger partial charge in [0.05, 0.1) is 12.0 Å². The van der Waals surface area contributed by atoms with Crippen molar-refractivity contribution in [3.8, 4) is 17.1 Å². The van der Waals surface area contributed by atoms with Crippen LogP contribution in [0.4, 0.5) is 0 Å². The summed E-state index contributed by atoms with van der Waals surface area (Å²) in [6.07, 6.45) is 1.49. The Labute approximate surface area is 133 Å². The number of hydrogen-bond donors (Lipinski definition) is 1. The van der Waals surface area contributed by atoms with Crippen molar-refractivity contribution in [3.05, 3.63) is 53.9 Å². The van der Waals surface area contributed by atoms with Gasteiger partial charge >= 0.3 is 5.97 Å². The molecule has 23 heavy (non-hydrogen) atoms. The molecule has 0 aliphatic rings. The number of aromatic nitrogens is 3. The lowest BCUT2D eigenvalue weighted by Gasteiger charge is -2.19. The minimum absolute atomic E-state index is 0.0387.